The summed E-state index contributed by atoms with van der Waals surface area (Å²) in [4.78, 5) is 28.0. The highest BCUT2D eigenvalue weighted by molar-refractivity contribution is 5.85. The van der Waals surface area contributed by atoms with Crippen molar-refractivity contribution in [3.05, 3.63) is 30.1 Å². The number of nitrogens with zero attached hydrogens (tertiary/aromatic N) is 2. The number of amides is 2. The highest BCUT2D eigenvalue weighted by Crippen LogP contribution is 2.12. The molecule has 18 heavy (non-hydrogen) atoms. The summed E-state index contributed by atoms with van der Waals surface area (Å²) in [6.45, 7) is 3.20. The fourth-order valence-electron chi connectivity index (χ4n) is 1.18. The average Bonchev–Trinajstić information content (AvgIpc) is 2.36. The van der Waals surface area contributed by atoms with Crippen molar-refractivity contribution in [1.82, 2.24) is 15.2 Å². The van der Waals surface area contributed by atoms with Gasteiger partial charge in [-0.3, -0.25) is 4.98 Å². The van der Waals surface area contributed by atoms with Gasteiger partial charge in [0.25, 0.3) is 0 Å². The molecule has 0 aliphatic rings. The largest absolute Gasteiger partial charge is 0.480 e. The van der Waals surface area contributed by atoms with E-state index in [1.807, 2.05) is 6.07 Å². The molecule has 98 valence electrons. The molecule has 2 amide bonds. The van der Waals surface area contributed by atoms with Crippen molar-refractivity contribution in [2.24, 2.45) is 0 Å². The number of carboxylic acid groups (broad SMARTS) is 1. The zero-order chi connectivity index (χ0) is 13.8. The number of aromatic nitrogens is 1. The zero-order valence-electron chi connectivity index (χ0n) is 10.7. The van der Waals surface area contributed by atoms with Gasteiger partial charge in [0.1, 0.15) is 5.54 Å². The molecule has 0 fully saturated rings. The van der Waals surface area contributed by atoms with Crippen molar-refractivity contribution in [2.45, 2.75) is 25.9 Å². The lowest BCUT2D eigenvalue weighted by molar-refractivity contribution is -0.146. The Labute approximate surface area is 106 Å². The van der Waals surface area contributed by atoms with E-state index in [2.05, 4.69) is 10.3 Å². The lowest BCUT2D eigenvalue weighted by Crippen LogP contribution is -2.53. The molecule has 0 aliphatic carbocycles. The van der Waals surface area contributed by atoms with Crippen LogP contribution in [0, 0.1) is 0 Å². The maximum Gasteiger partial charge on any atom is 0.329 e. The van der Waals surface area contributed by atoms with Gasteiger partial charge in [-0.25, -0.2) is 9.59 Å². The second kappa shape index (κ2) is 5.48. The maximum atomic E-state index is 11.8. The molecule has 0 saturated carbocycles. The Morgan fingerprint density at radius 2 is 2.11 bits per heavy atom. The van der Waals surface area contributed by atoms with E-state index in [-0.39, 0.29) is 6.54 Å². The predicted molar refractivity (Wildman–Crippen MR) is 66.0 cm³/mol. The number of carboxylic acids is 1. The van der Waals surface area contributed by atoms with Gasteiger partial charge in [-0.15, -0.1) is 0 Å². The molecule has 2 N–H and O–H groups in total. The second-order valence-electron chi connectivity index (χ2n) is 4.40. The van der Waals surface area contributed by atoms with E-state index in [9.17, 15) is 9.59 Å². The Morgan fingerprint density at radius 3 is 2.61 bits per heavy atom. The smallest absolute Gasteiger partial charge is 0.329 e. The van der Waals surface area contributed by atoms with Crippen LogP contribution in [0.3, 0.4) is 0 Å². The summed E-state index contributed by atoms with van der Waals surface area (Å²) in [5.74, 6) is -1.06. The van der Waals surface area contributed by atoms with Gasteiger partial charge in [0.15, 0.2) is 0 Å². The molecule has 6 heteroatoms. The summed E-state index contributed by atoms with van der Waals surface area (Å²) >= 11 is 0. The minimum Gasteiger partial charge on any atom is -0.480 e. The maximum absolute atomic E-state index is 11.8. The van der Waals surface area contributed by atoms with Gasteiger partial charge in [0.05, 0.1) is 12.2 Å². The Bertz CT molecular complexity index is 431. The molecule has 6 nitrogen and oxygen atoms in total. The van der Waals surface area contributed by atoms with E-state index in [4.69, 9.17) is 5.11 Å². The summed E-state index contributed by atoms with van der Waals surface area (Å²) in [7, 11) is 1.45. The molecular weight excluding hydrogens is 234 g/mol. The first kappa shape index (κ1) is 14.0. The van der Waals surface area contributed by atoms with Crippen LogP contribution in [0.1, 0.15) is 19.5 Å². The molecule has 1 aromatic rings. The topological polar surface area (TPSA) is 82.5 Å². The number of rotatable bonds is 4. The van der Waals surface area contributed by atoms with Gasteiger partial charge in [0.2, 0.25) is 0 Å². The number of aliphatic carboxylic acids is 1. The van der Waals surface area contributed by atoms with E-state index in [0.29, 0.717) is 5.69 Å². The molecule has 1 heterocycles. The summed E-state index contributed by atoms with van der Waals surface area (Å²) < 4.78 is 0. The average molecular weight is 251 g/mol. The van der Waals surface area contributed by atoms with Crippen LogP contribution >= 0.6 is 0 Å². The minimum atomic E-state index is -1.26. The number of likely N-dealkylation sites (N-methyl/N-ethyl adjacent to an activating group) is 1. The Morgan fingerprint density at radius 1 is 1.44 bits per heavy atom. The molecule has 1 rings (SSSR count). The number of hydrogen-bond donors (Lipinski definition) is 2. The quantitative estimate of drug-likeness (QED) is 0.839. The number of carbonyl (C=O) groups is 2. The van der Waals surface area contributed by atoms with E-state index in [1.165, 1.54) is 20.9 Å². The molecule has 0 bridgehead atoms. The molecule has 0 unspecified atom stereocenters. The predicted octanol–water partition coefficient (Wildman–Crippen LogP) is 1.09. The van der Waals surface area contributed by atoms with Crippen LogP contribution in [-0.4, -0.2) is 39.6 Å². The van der Waals surface area contributed by atoms with Crippen molar-refractivity contribution in [3.63, 3.8) is 0 Å². The molecule has 0 atom stereocenters. The summed E-state index contributed by atoms with van der Waals surface area (Å²) in [6, 6.07) is 4.93. The van der Waals surface area contributed by atoms with Crippen molar-refractivity contribution in [3.8, 4) is 0 Å². The van der Waals surface area contributed by atoms with Crippen molar-refractivity contribution in [2.75, 3.05) is 7.05 Å². The van der Waals surface area contributed by atoms with E-state index in [1.54, 1.807) is 18.3 Å². The lowest BCUT2D eigenvalue weighted by Gasteiger charge is -2.31. The fraction of sp³-hybridized carbons (Fsp3) is 0.417. The van der Waals surface area contributed by atoms with Crippen LogP contribution in [0.15, 0.2) is 24.4 Å². The number of carbonyl (C=O) groups excluding carboxylic acids is 1. The van der Waals surface area contributed by atoms with Gasteiger partial charge in [-0.2, -0.15) is 0 Å². The first-order valence-corrected chi connectivity index (χ1v) is 5.50. The summed E-state index contributed by atoms with van der Waals surface area (Å²) in [6.07, 6.45) is 1.63. The van der Waals surface area contributed by atoms with Crippen LogP contribution in [0.25, 0.3) is 0 Å². The van der Waals surface area contributed by atoms with Crippen molar-refractivity contribution < 1.29 is 14.7 Å². The zero-order valence-corrected chi connectivity index (χ0v) is 10.7. The SMILES string of the molecule is CN(C(=O)NCc1ccccn1)C(C)(C)C(=O)O. The van der Waals surface area contributed by atoms with Gasteiger partial charge >= 0.3 is 12.0 Å². The normalized spacial score (nSPS) is 10.8. The first-order chi connectivity index (χ1) is 8.35. The standard InChI is InChI=1S/C12H17N3O3/c1-12(2,10(16)17)15(3)11(18)14-8-9-6-4-5-7-13-9/h4-7H,8H2,1-3H3,(H,14,18)(H,16,17). The summed E-state index contributed by atoms with van der Waals surface area (Å²) in [5.41, 5.74) is -0.541. The first-order valence-electron chi connectivity index (χ1n) is 5.50. The highest BCUT2D eigenvalue weighted by Gasteiger charge is 2.35. The van der Waals surface area contributed by atoms with Crippen LogP contribution in [-0.2, 0) is 11.3 Å². The minimum absolute atomic E-state index is 0.264. The van der Waals surface area contributed by atoms with Crippen LogP contribution in [0.4, 0.5) is 4.79 Å². The van der Waals surface area contributed by atoms with Crippen LogP contribution in [0.5, 0.6) is 0 Å². The van der Waals surface area contributed by atoms with E-state index in [0.717, 1.165) is 4.90 Å². The Balaban J connectivity index is 2.59. The molecule has 0 aliphatic heterocycles. The number of urea groups is 1. The van der Waals surface area contributed by atoms with Crippen LogP contribution < -0.4 is 5.32 Å². The molecule has 0 aromatic carbocycles. The molecule has 1 aromatic heterocycles. The van der Waals surface area contributed by atoms with Gasteiger partial charge in [-0.1, -0.05) is 6.07 Å². The van der Waals surface area contributed by atoms with E-state index < -0.39 is 17.5 Å². The number of hydrogen-bond acceptors (Lipinski definition) is 3. The molecule has 0 radical (unpaired) electrons. The van der Waals surface area contributed by atoms with Crippen LogP contribution in [0.2, 0.25) is 0 Å². The monoisotopic (exact) mass is 251 g/mol. The third-order valence-corrected chi connectivity index (χ3v) is 2.81. The van der Waals surface area contributed by atoms with E-state index >= 15 is 0 Å². The highest BCUT2D eigenvalue weighted by atomic mass is 16.4. The van der Waals surface area contributed by atoms with Gasteiger partial charge in [0, 0.05) is 13.2 Å². The molecule has 0 spiro atoms. The van der Waals surface area contributed by atoms with Crippen molar-refractivity contribution >= 4 is 12.0 Å². The summed E-state index contributed by atoms with van der Waals surface area (Å²) in [5, 5.41) is 11.6. The van der Waals surface area contributed by atoms with Gasteiger partial charge in [-0.05, 0) is 26.0 Å². The van der Waals surface area contributed by atoms with Crippen molar-refractivity contribution in [1.29, 1.82) is 0 Å². The fourth-order valence-corrected chi connectivity index (χ4v) is 1.18. The molecule has 0 saturated heterocycles. The Kier molecular flexibility index (Phi) is 4.25. The second-order valence-corrected chi connectivity index (χ2v) is 4.40. The third kappa shape index (κ3) is 3.19. The third-order valence-electron chi connectivity index (χ3n) is 2.81. The van der Waals surface area contributed by atoms with Gasteiger partial charge < -0.3 is 15.3 Å². The number of pyridine rings is 1. The molecular formula is C12H17N3O3. The Hall–Kier alpha value is -2.11. The number of nitrogens with one attached hydrogen (secondary N) is 1. The lowest BCUT2D eigenvalue weighted by atomic mass is 10.1.